The van der Waals surface area contributed by atoms with Crippen LogP contribution in [0.2, 0.25) is 0 Å². The quantitative estimate of drug-likeness (QED) is 0.791. The monoisotopic (exact) mass is 394 g/mol. The van der Waals surface area contributed by atoms with E-state index in [1.807, 2.05) is 4.90 Å². The zero-order chi connectivity index (χ0) is 19.4. The smallest absolute Gasteiger partial charge is 0.337 e. The van der Waals surface area contributed by atoms with Gasteiger partial charge in [-0.15, -0.1) is 0 Å². The zero-order valence-corrected chi connectivity index (χ0v) is 15.0. The molecule has 2 N–H and O–H groups in total. The van der Waals surface area contributed by atoms with Gasteiger partial charge in [-0.1, -0.05) is 6.07 Å². The predicted molar refractivity (Wildman–Crippen MR) is 91.3 cm³/mol. The van der Waals surface area contributed by atoms with Gasteiger partial charge in [0.2, 0.25) is 10.0 Å². The van der Waals surface area contributed by atoms with Gasteiger partial charge in [0.05, 0.1) is 11.8 Å². The van der Waals surface area contributed by atoms with Gasteiger partial charge in [-0.05, 0) is 18.2 Å². The molecule has 7 nitrogen and oxygen atoms in total. The summed E-state index contributed by atoms with van der Waals surface area (Å²) >= 11 is 0. The molecular weight excluding hydrogens is 373 g/mol. The summed E-state index contributed by atoms with van der Waals surface area (Å²) in [5.41, 5.74) is -0.780. The lowest BCUT2D eigenvalue weighted by Crippen LogP contribution is -2.50. The summed E-state index contributed by atoms with van der Waals surface area (Å²) in [7, 11) is -3.19. The van der Waals surface area contributed by atoms with E-state index in [9.17, 15) is 26.4 Å². The molecule has 2 amide bonds. The molecule has 0 aliphatic carbocycles. The van der Waals surface area contributed by atoms with Crippen molar-refractivity contribution in [3.63, 3.8) is 0 Å². The number of sulfonamides is 1. The van der Waals surface area contributed by atoms with Gasteiger partial charge >= 0.3 is 12.2 Å². The highest BCUT2D eigenvalue weighted by Gasteiger charge is 2.30. The van der Waals surface area contributed by atoms with Crippen molar-refractivity contribution in [2.75, 3.05) is 50.8 Å². The first kappa shape index (κ1) is 20.5. The Balaban J connectivity index is 1.73. The van der Waals surface area contributed by atoms with Gasteiger partial charge < -0.3 is 10.6 Å². The molecule has 0 bridgehead atoms. The van der Waals surface area contributed by atoms with Crippen LogP contribution in [0.1, 0.15) is 5.56 Å². The van der Waals surface area contributed by atoms with Gasteiger partial charge in [0.25, 0.3) is 0 Å². The predicted octanol–water partition coefficient (Wildman–Crippen LogP) is 1.40. The Morgan fingerprint density at radius 2 is 1.85 bits per heavy atom. The number of anilines is 1. The van der Waals surface area contributed by atoms with Crippen LogP contribution in [0.25, 0.3) is 0 Å². The van der Waals surface area contributed by atoms with Crippen molar-refractivity contribution in [2.24, 2.45) is 0 Å². The minimum atomic E-state index is -4.47. The van der Waals surface area contributed by atoms with E-state index in [2.05, 4.69) is 10.6 Å². The molecule has 0 saturated carbocycles. The summed E-state index contributed by atoms with van der Waals surface area (Å²) in [6, 6.07) is 3.79. The molecule has 11 heteroatoms. The number of rotatable bonds is 5. The number of amides is 2. The number of nitrogens with zero attached hydrogens (tertiary/aromatic N) is 2. The van der Waals surface area contributed by atoms with Crippen LogP contribution in [0.4, 0.5) is 23.7 Å². The molecule has 1 aromatic carbocycles. The number of urea groups is 1. The van der Waals surface area contributed by atoms with Crippen LogP contribution in [0.5, 0.6) is 0 Å². The number of carbonyl (C=O) groups excluding carboxylic acids is 1. The second-order valence-electron chi connectivity index (χ2n) is 5.96. The van der Waals surface area contributed by atoms with Crippen LogP contribution in [0.3, 0.4) is 0 Å². The summed E-state index contributed by atoms with van der Waals surface area (Å²) in [5, 5.41) is 4.94. The standard InChI is InChI=1S/C15H21F3N4O3S/c1-26(24,25)22-9-7-21(8-10-22)6-5-19-14(23)20-13-4-2-3-12(11-13)15(16,17)18/h2-4,11H,5-10H2,1H3,(H2,19,20,23). The van der Waals surface area contributed by atoms with E-state index in [0.717, 1.165) is 12.1 Å². The fourth-order valence-corrected chi connectivity index (χ4v) is 3.39. The van der Waals surface area contributed by atoms with Crippen LogP contribution in [0.15, 0.2) is 24.3 Å². The summed E-state index contributed by atoms with van der Waals surface area (Å²) < 4.78 is 62.2. The maximum absolute atomic E-state index is 12.6. The molecule has 26 heavy (non-hydrogen) atoms. The van der Waals surface area contributed by atoms with Gasteiger partial charge in [-0.25, -0.2) is 13.2 Å². The van der Waals surface area contributed by atoms with Gasteiger partial charge in [0.1, 0.15) is 0 Å². The lowest BCUT2D eigenvalue weighted by atomic mass is 10.2. The van der Waals surface area contributed by atoms with E-state index in [1.165, 1.54) is 22.7 Å². The van der Waals surface area contributed by atoms with Crippen molar-refractivity contribution < 1.29 is 26.4 Å². The third-order valence-corrected chi connectivity index (χ3v) is 5.26. The van der Waals surface area contributed by atoms with Gasteiger partial charge in [-0.3, -0.25) is 4.90 Å². The van der Waals surface area contributed by atoms with Gasteiger partial charge in [0, 0.05) is 45.0 Å². The first-order valence-electron chi connectivity index (χ1n) is 7.95. The SMILES string of the molecule is CS(=O)(=O)N1CCN(CCNC(=O)Nc2cccc(C(F)(F)F)c2)CC1. The molecule has 0 aromatic heterocycles. The lowest BCUT2D eigenvalue weighted by Gasteiger charge is -2.33. The van der Waals surface area contributed by atoms with Gasteiger partial charge in [-0.2, -0.15) is 17.5 Å². The molecular formula is C15H21F3N4O3S. The number of alkyl halides is 3. The molecule has 1 aliphatic rings. The lowest BCUT2D eigenvalue weighted by molar-refractivity contribution is -0.137. The largest absolute Gasteiger partial charge is 0.416 e. The van der Waals surface area contributed by atoms with E-state index in [-0.39, 0.29) is 5.69 Å². The first-order chi connectivity index (χ1) is 12.1. The minimum absolute atomic E-state index is 0.0547. The molecule has 0 spiro atoms. The highest BCUT2D eigenvalue weighted by Crippen LogP contribution is 2.30. The summed E-state index contributed by atoms with van der Waals surface area (Å²) in [6.07, 6.45) is -3.30. The van der Waals surface area contributed by atoms with E-state index in [1.54, 1.807) is 0 Å². The number of nitrogens with one attached hydrogen (secondary N) is 2. The maximum atomic E-state index is 12.6. The summed E-state index contributed by atoms with van der Waals surface area (Å²) in [6.45, 7) is 2.73. The van der Waals surface area contributed by atoms with Crippen molar-refractivity contribution in [3.8, 4) is 0 Å². The Hall–Kier alpha value is -1.85. The Morgan fingerprint density at radius 3 is 2.42 bits per heavy atom. The fourth-order valence-electron chi connectivity index (χ4n) is 2.56. The van der Waals surface area contributed by atoms with Crippen molar-refractivity contribution in [2.45, 2.75) is 6.18 Å². The number of hydrogen-bond acceptors (Lipinski definition) is 4. The Morgan fingerprint density at radius 1 is 1.19 bits per heavy atom. The van der Waals surface area contributed by atoms with Crippen LogP contribution >= 0.6 is 0 Å². The van der Waals surface area contributed by atoms with Crippen LogP contribution in [0, 0.1) is 0 Å². The average molecular weight is 394 g/mol. The highest BCUT2D eigenvalue weighted by molar-refractivity contribution is 7.88. The molecule has 2 rings (SSSR count). The van der Waals surface area contributed by atoms with Gasteiger partial charge in [0.15, 0.2) is 0 Å². The zero-order valence-electron chi connectivity index (χ0n) is 14.2. The average Bonchev–Trinajstić information content (AvgIpc) is 2.54. The molecule has 146 valence electrons. The molecule has 1 saturated heterocycles. The van der Waals surface area contributed by atoms with Crippen LogP contribution in [-0.2, 0) is 16.2 Å². The number of hydrogen-bond donors (Lipinski definition) is 2. The van der Waals surface area contributed by atoms with Crippen LogP contribution in [-0.4, -0.2) is 69.2 Å². The summed E-state index contributed by atoms with van der Waals surface area (Å²) in [5.74, 6) is 0. The Bertz CT molecular complexity index is 732. The molecule has 1 heterocycles. The van der Waals surface area contributed by atoms with Crippen molar-refractivity contribution >= 4 is 21.7 Å². The number of halogens is 3. The Labute approximate surface area is 150 Å². The van der Waals surface area contributed by atoms with Crippen molar-refractivity contribution in [1.29, 1.82) is 0 Å². The van der Waals surface area contributed by atoms with Crippen molar-refractivity contribution in [1.82, 2.24) is 14.5 Å². The third kappa shape index (κ3) is 6.15. The van der Waals surface area contributed by atoms with Crippen molar-refractivity contribution in [3.05, 3.63) is 29.8 Å². The number of benzene rings is 1. The highest BCUT2D eigenvalue weighted by atomic mass is 32.2. The molecule has 1 fully saturated rings. The van der Waals surface area contributed by atoms with E-state index >= 15 is 0 Å². The second-order valence-corrected chi connectivity index (χ2v) is 7.95. The van der Waals surface area contributed by atoms with E-state index in [0.29, 0.717) is 39.3 Å². The molecule has 1 aliphatic heterocycles. The molecule has 0 atom stereocenters. The topological polar surface area (TPSA) is 81.8 Å². The fraction of sp³-hybridized carbons (Fsp3) is 0.533. The first-order valence-corrected chi connectivity index (χ1v) is 9.80. The van der Waals surface area contributed by atoms with E-state index in [4.69, 9.17) is 0 Å². The third-order valence-electron chi connectivity index (χ3n) is 3.96. The van der Waals surface area contributed by atoms with E-state index < -0.39 is 27.8 Å². The van der Waals surface area contributed by atoms with Crippen LogP contribution < -0.4 is 10.6 Å². The molecule has 0 radical (unpaired) electrons. The number of carbonyl (C=O) groups is 1. The minimum Gasteiger partial charge on any atom is -0.337 e. The number of piperazine rings is 1. The molecule has 1 aromatic rings. The molecule has 0 unspecified atom stereocenters. The second kappa shape index (κ2) is 8.23. The Kier molecular flexibility index (Phi) is 6.48. The normalized spacial score (nSPS) is 17.1. The maximum Gasteiger partial charge on any atom is 0.416 e. The summed E-state index contributed by atoms with van der Waals surface area (Å²) in [4.78, 5) is 13.8.